The molecule has 0 bridgehead atoms. The first kappa shape index (κ1) is 60.4. The number of aromatic nitrogens is 3. The molecule has 0 radical (unpaired) electrons. The minimum Gasteiger partial charge on any atom is -0.400 e. The van der Waals surface area contributed by atoms with Gasteiger partial charge in [-0.2, -0.15) is 0 Å². The van der Waals surface area contributed by atoms with E-state index in [0.29, 0.717) is 62.0 Å². The van der Waals surface area contributed by atoms with Gasteiger partial charge in [-0.25, -0.2) is 19.3 Å². The number of nitrogens with zero attached hydrogens (tertiary/aromatic N) is 8. The number of aliphatic hydroxyl groups excluding tert-OH is 1. The number of benzene rings is 3. The van der Waals surface area contributed by atoms with Crippen LogP contribution in [0.25, 0.3) is 11.1 Å². The van der Waals surface area contributed by atoms with Crippen LogP contribution in [0.15, 0.2) is 97.5 Å². The molecule has 412 valence electrons. The molecule has 0 saturated carbocycles. The van der Waals surface area contributed by atoms with Gasteiger partial charge in [-0.15, -0.1) is 0 Å². The molecule has 8 rings (SSSR count). The highest BCUT2D eigenvalue weighted by Gasteiger charge is 2.29. The van der Waals surface area contributed by atoms with Crippen LogP contribution in [-0.4, -0.2) is 173 Å². The quantitative estimate of drug-likeness (QED) is 0.0496. The summed E-state index contributed by atoms with van der Waals surface area (Å²) in [6.07, 6.45) is 11.8. The predicted molar refractivity (Wildman–Crippen MR) is 300 cm³/mol. The van der Waals surface area contributed by atoms with Gasteiger partial charge in [0.2, 0.25) is 24.2 Å². The van der Waals surface area contributed by atoms with Gasteiger partial charge in [0.05, 0.1) is 17.8 Å². The Bertz CT molecular complexity index is 2700. The van der Waals surface area contributed by atoms with Crippen molar-refractivity contribution in [1.29, 1.82) is 5.41 Å². The number of hydrogen-bond donors (Lipinski definition) is 5. The van der Waals surface area contributed by atoms with Crippen molar-refractivity contribution < 1.29 is 33.5 Å². The number of halogens is 1. The predicted octanol–water partition coefficient (Wildman–Crippen LogP) is 6.51. The number of piperazine rings is 2. The zero-order valence-corrected chi connectivity index (χ0v) is 45.3. The van der Waals surface area contributed by atoms with E-state index in [-0.39, 0.29) is 47.3 Å². The van der Waals surface area contributed by atoms with Crippen LogP contribution in [0.3, 0.4) is 0 Å². The van der Waals surface area contributed by atoms with Crippen LogP contribution >= 0.6 is 0 Å². The van der Waals surface area contributed by atoms with Crippen molar-refractivity contribution in [2.75, 3.05) is 103 Å². The highest BCUT2D eigenvalue weighted by Crippen LogP contribution is 2.27. The fourth-order valence-corrected chi connectivity index (χ4v) is 9.04. The molecule has 3 aliphatic rings. The van der Waals surface area contributed by atoms with Crippen molar-refractivity contribution in [3.8, 4) is 11.1 Å². The Labute approximate surface area is 452 Å². The van der Waals surface area contributed by atoms with Crippen LogP contribution in [-0.2, 0) is 22.4 Å². The molecule has 3 fully saturated rings. The van der Waals surface area contributed by atoms with E-state index in [1.165, 1.54) is 67.4 Å². The largest absolute Gasteiger partial charge is 0.400 e. The minimum atomic E-state index is -0.638. The Morgan fingerprint density at radius 2 is 1.36 bits per heavy atom. The number of likely N-dealkylation sites (tertiary alicyclic amines) is 1. The van der Waals surface area contributed by atoms with Gasteiger partial charge in [-0.05, 0) is 91.8 Å². The maximum Gasteiger partial charge on any atom is 0.274 e. The molecule has 3 saturated heterocycles. The molecule has 2 aromatic heterocycles. The molecule has 19 heteroatoms. The zero-order chi connectivity index (χ0) is 55.7. The first-order chi connectivity index (χ1) is 37.3. The Kier molecular flexibility index (Phi) is 24.7. The van der Waals surface area contributed by atoms with Crippen LogP contribution in [0.1, 0.15) is 101 Å². The first-order valence-electron chi connectivity index (χ1n) is 26.7. The topological polar surface area (TPSA) is 234 Å². The van der Waals surface area contributed by atoms with Crippen molar-refractivity contribution >= 4 is 47.4 Å². The van der Waals surface area contributed by atoms with Crippen LogP contribution in [0.2, 0.25) is 0 Å². The lowest BCUT2D eigenvalue weighted by Crippen LogP contribution is -2.50. The van der Waals surface area contributed by atoms with Crippen LogP contribution in [0.4, 0.5) is 16.0 Å². The SMILES string of the molecule is CCCC.CCc1cccc(-c2cnc(C(=O)N3CCN(CC4CCN(CC)CC4)CC3)c(NC(=O)CNc3ncccn3)c2)c1.CO.N=C(Cc1ccc(F)c(C(=O)N2CCN(C=O)CC2)c1)c1ccccc1C(N)=O. The summed E-state index contributed by atoms with van der Waals surface area (Å²) >= 11 is 0. The highest BCUT2D eigenvalue weighted by molar-refractivity contribution is 6.09. The molecule has 3 aromatic carbocycles. The van der Waals surface area contributed by atoms with Gasteiger partial charge < -0.3 is 46.5 Å². The Balaban J connectivity index is 0.000000272. The van der Waals surface area contributed by atoms with Gasteiger partial charge in [0.25, 0.3) is 11.8 Å². The summed E-state index contributed by atoms with van der Waals surface area (Å²) < 4.78 is 14.3. The molecule has 0 aliphatic carbocycles. The third kappa shape index (κ3) is 18.1. The average Bonchev–Trinajstić information content (AvgIpc) is 3.48. The number of piperidine rings is 1. The fourth-order valence-electron chi connectivity index (χ4n) is 9.04. The summed E-state index contributed by atoms with van der Waals surface area (Å²) in [5.41, 5.74) is 10.4. The smallest absolute Gasteiger partial charge is 0.274 e. The molecule has 5 amide bonds. The number of carbonyl (C=O) groups is 5. The second-order valence-electron chi connectivity index (χ2n) is 18.9. The molecular weight excluding hydrogens is 980 g/mol. The number of pyridine rings is 1. The number of aliphatic hydroxyl groups is 1. The molecule has 18 nitrogen and oxygen atoms in total. The molecule has 0 atom stereocenters. The van der Waals surface area contributed by atoms with E-state index in [1.807, 2.05) is 23.1 Å². The second kappa shape index (κ2) is 31.5. The van der Waals surface area contributed by atoms with Crippen LogP contribution in [0.5, 0.6) is 0 Å². The zero-order valence-electron chi connectivity index (χ0n) is 45.3. The van der Waals surface area contributed by atoms with Crippen molar-refractivity contribution in [2.45, 2.75) is 66.2 Å². The maximum absolute atomic E-state index is 14.3. The molecule has 5 heterocycles. The van der Waals surface area contributed by atoms with Crippen molar-refractivity contribution in [2.24, 2.45) is 11.7 Å². The molecular formula is C58H77FN12O6. The summed E-state index contributed by atoms with van der Waals surface area (Å²) in [7, 11) is 1.00. The van der Waals surface area contributed by atoms with Crippen molar-refractivity contribution in [1.82, 2.24) is 39.5 Å². The number of anilines is 2. The molecule has 0 unspecified atom stereocenters. The van der Waals surface area contributed by atoms with Gasteiger partial charge in [0.15, 0.2) is 5.69 Å². The average molecular weight is 1060 g/mol. The number of rotatable bonds is 17. The normalized spacial score (nSPS) is 14.8. The number of nitrogens with one attached hydrogen (secondary N) is 3. The number of carbonyl (C=O) groups excluding carboxylic acids is 5. The van der Waals surface area contributed by atoms with Gasteiger partial charge in [0, 0.05) is 113 Å². The molecule has 0 spiro atoms. The third-order valence-corrected chi connectivity index (χ3v) is 13.7. The van der Waals surface area contributed by atoms with E-state index in [1.54, 1.807) is 53.8 Å². The summed E-state index contributed by atoms with van der Waals surface area (Å²) in [6, 6.07) is 22.5. The van der Waals surface area contributed by atoms with Gasteiger partial charge in [-0.1, -0.05) is 89.1 Å². The van der Waals surface area contributed by atoms with Gasteiger partial charge >= 0.3 is 0 Å². The van der Waals surface area contributed by atoms with E-state index in [4.69, 9.17) is 16.2 Å². The molecule has 77 heavy (non-hydrogen) atoms. The van der Waals surface area contributed by atoms with Crippen molar-refractivity contribution in [3.63, 3.8) is 0 Å². The van der Waals surface area contributed by atoms with E-state index in [9.17, 15) is 28.4 Å². The number of unbranched alkanes of at least 4 members (excludes halogenated alkanes) is 1. The lowest BCUT2D eigenvalue weighted by atomic mass is 9.96. The lowest BCUT2D eigenvalue weighted by Gasteiger charge is -2.38. The number of nitrogens with two attached hydrogens (primary N) is 1. The van der Waals surface area contributed by atoms with E-state index < -0.39 is 17.6 Å². The summed E-state index contributed by atoms with van der Waals surface area (Å²) in [4.78, 5) is 84.6. The maximum atomic E-state index is 14.3. The molecule has 6 N–H and O–H groups in total. The van der Waals surface area contributed by atoms with E-state index >= 15 is 0 Å². The van der Waals surface area contributed by atoms with E-state index in [2.05, 4.69) is 75.2 Å². The first-order valence-corrected chi connectivity index (χ1v) is 26.7. The Morgan fingerprint density at radius 1 is 0.714 bits per heavy atom. The lowest BCUT2D eigenvalue weighted by molar-refractivity contribution is -0.119. The third-order valence-electron chi connectivity index (χ3n) is 13.7. The number of hydrogen-bond acceptors (Lipinski definition) is 13. The summed E-state index contributed by atoms with van der Waals surface area (Å²) in [5, 5.41) is 21.2. The fraction of sp³-hybridized carbons (Fsp3) is 0.431. The Morgan fingerprint density at radius 3 is 1.99 bits per heavy atom. The van der Waals surface area contributed by atoms with Gasteiger partial charge in [0.1, 0.15) is 5.82 Å². The number of amides is 5. The highest BCUT2D eigenvalue weighted by atomic mass is 19.1. The van der Waals surface area contributed by atoms with Crippen LogP contribution in [0, 0.1) is 17.1 Å². The summed E-state index contributed by atoms with van der Waals surface area (Å²) in [6.45, 7) is 17.8. The number of primary amides is 1. The number of aryl methyl sites for hydroxylation is 1. The van der Waals surface area contributed by atoms with Gasteiger partial charge in [-0.3, -0.25) is 28.9 Å². The van der Waals surface area contributed by atoms with E-state index in [0.717, 1.165) is 63.2 Å². The second-order valence-corrected chi connectivity index (χ2v) is 18.9. The van der Waals surface area contributed by atoms with Crippen LogP contribution < -0.4 is 16.4 Å². The Hall–Kier alpha value is -7.48. The monoisotopic (exact) mass is 1060 g/mol. The van der Waals surface area contributed by atoms with Crippen molar-refractivity contribution in [3.05, 3.63) is 137 Å². The molecule has 3 aliphatic heterocycles. The minimum absolute atomic E-state index is 0.0386. The molecule has 5 aromatic rings. The summed E-state index contributed by atoms with van der Waals surface area (Å²) in [5.74, 6) is -1.09. The standard InChI is InChI=1S/C32H42N8O2.C21H21FN4O3.C4H10.CH4O/c1-3-24-7-5-8-26(19-24)27-20-28(37-29(41)22-36-32-33-11-6-12-34-32)30(35-21-27)31(42)40-17-15-39(16-18-40)23-25-9-13-38(4-2)14-10-25;22-18-6-5-14(12-19(23)15-3-1-2-4-16(15)20(24)28)11-17(18)21(29)26-9-7-25(13-27)8-10-26;1-3-4-2;1-2/h5-8,11-12,19-21,25H,3-4,9-10,13-18,22-23H2,1-2H3,(H,37,41)(H,33,34,36);1-6,11,13,23H,7-10,12H2,(H2,24,28);3-4H2,1-2H3;2H,1H3.